The molecule has 0 unspecified atom stereocenters. The van der Waals surface area contributed by atoms with Crippen molar-refractivity contribution in [2.45, 2.75) is 0 Å². The van der Waals surface area contributed by atoms with E-state index >= 15 is 0 Å². The third-order valence-corrected chi connectivity index (χ3v) is 7.16. The molecule has 1 N–H and O–H groups in total. The summed E-state index contributed by atoms with van der Waals surface area (Å²) in [6.45, 7) is 0. The molecule has 0 spiro atoms. The van der Waals surface area contributed by atoms with Crippen LogP contribution in [0, 0.1) is 0 Å². The maximum atomic E-state index is 6.49. The maximum Gasteiger partial charge on any atom is 0.338 e. The Bertz CT molecular complexity index is 1630. The van der Waals surface area contributed by atoms with Crippen molar-refractivity contribution in [1.82, 2.24) is 0 Å². The minimum absolute atomic E-state index is 0.634. The third-order valence-electron chi connectivity index (χ3n) is 6.00. The molecule has 0 saturated carbocycles. The minimum Gasteiger partial charge on any atom is -0.493 e. The van der Waals surface area contributed by atoms with Crippen molar-refractivity contribution in [2.75, 3.05) is 19.3 Å². The van der Waals surface area contributed by atoms with Crippen LogP contribution >= 0.6 is 8.16 Å². The number of rotatable bonds is 4. The van der Waals surface area contributed by atoms with Crippen molar-refractivity contribution >= 4 is 57.3 Å². The first-order chi connectivity index (χ1) is 16.7. The number of benzene rings is 5. The van der Waals surface area contributed by atoms with E-state index in [0.29, 0.717) is 11.5 Å². The van der Waals surface area contributed by atoms with Gasteiger partial charge in [0.25, 0.3) is 0 Å². The lowest BCUT2D eigenvalue weighted by Crippen LogP contribution is -1.92. The Kier molecular flexibility index (Phi) is 5.05. The quantitative estimate of drug-likeness (QED) is 0.282. The first-order valence-corrected chi connectivity index (χ1v) is 12.1. The molecule has 6 aromatic rings. The molecule has 0 aliphatic heterocycles. The van der Waals surface area contributed by atoms with E-state index in [1.807, 2.05) is 30.3 Å². The van der Waals surface area contributed by atoms with Crippen molar-refractivity contribution in [3.63, 3.8) is 0 Å². The molecule has 5 nitrogen and oxygen atoms in total. The van der Waals surface area contributed by atoms with Crippen LogP contribution in [0.1, 0.15) is 0 Å². The summed E-state index contributed by atoms with van der Waals surface area (Å²) >= 11 is 0. The third kappa shape index (κ3) is 3.42. The number of hydrogen-bond acceptors (Lipinski definition) is 5. The molecular formula is C28H22NO4P. The van der Waals surface area contributed by atoms with Crippen LogP contribution in [0.2, 0.25) is 0 Å². The summed E-state index contributed by atoms with van der Waals surface area (Å²) in [5, 5.41) is 10.1. The summed E-state index contributed by atoms with van der Waals surface area (Å²) in [7, 11) is 1.70. The van der Waals surface area contributed by atoms with Gasteiger partial charge < -0.3 is 17.9 Å². The van der Waals surface area contributed by atoms with Gasteiger partial charge in [0.1, 0.15) is 11.2 Å². The van der Waals surface area contributed by atoms with E-state index in [2.05, 4.69) is 65.8 Å². The molecule has 0 fully saturated rings. The number of methoxy groups -OCH3 is 2. The largest absolute Gasteiger partial charge is 0.493 e. The average Bonchev–Trinajstić information content (AvgIpc) is 3.05. The van der Waals surface area contributed by atoms with Crippen LogP contribution in [0.25, 0.3) is 43.5 Å². The Morgan fingerprint density at radius 1 is 0.618 bits per heavy atom. The standard InChI is InChI=1S/C28H22NO4P/c1-30-23-16-13-20(17-26(23)31-2)29-34-32-24-14-11-18-7-3-5-9-21(18)27(24)28-22-10-6-4-8-19(22)12-15-25(28)33-34/h3-17,29H,1-2H3. The smallest absolute Gasteiger partial charge is 0.338 e. The molecule has 6 rings (SSSR count). The zero-order chi connectivity index (χ0) is 23.1. The van der Waals surface area contributed by atoms with Crippen LogP contribution < -0.4 is 14.6 Å². The zero-order valence-electron chi connectivity index (χ0n) is 18.7. The summed E-state index contributed by atoms with van der Waals surface area (Å²) in [5.41, 5.74) is 2.39. The summed E-state index contributed by atoms with van der Waals surface area (Å²) in [6, 6.07) is 30.6. The highest BCUT2D eigenvalue weighted by Crippen LogP contribution is 2.42. The van der Waals surface area contributed by atoms with Gasteiger partial charge in [-0.15, -0.1) is 0 Å². The van der Waals surface area contributed by atoms with Gasteiger partial charge >= 0.3 is 8.16 Å². The molecule has 0 radical (unpaired) electrons. The van der Waals surface area contributed by atoms with Crippen molar-refractivity contribution in [2.24, 2.45) is 0 Å². The average molecular weight is 467 g/mol. The van der Waals surface area contributed by atoms with E-state index in [1.54, 1.807) is 14.2 Å². The van der Waals surface area contributed by atoms with Crippen LogP contribution in [0.5, 0.6) is 11.5 Å². The van der Waals surface area contributed by atoms with E-state index < -0.39 is 8.16 Å². The normalized spacial score (nSPS) is 11.2. The number of nitrogens with one attached hydrogen (secondary N) is 1. The fourth-order valence-electron chi connectivity index (χ4n) is 4.43. The van der Waals surface area contributed by atoms with Gasteiger partial charge in [-0.3, -0.25) is 5.09 Å². The Labute approximate surface area is 197 Å². The Morgan fingerprint density at radius 2 is 1.18 bits per heavy atom. The van der Waals surface area contributed by atoms with Crippen LogP contribution in [0.4, 0.5) is 5.69 Å². The summed E-state index contributed by atoms with van der Waals surface area (Å²) in [4.78, 5) is 0. The van der Waals surface area contributed by atoms with Gasteiger partial charge in [-0.25, -0.2) is 0 Å². The maximum absolute atomic E-state index is 6.49. The van der Waals surface area contributed by atoms with Crippen LogP contribution in [0.3, 0.4) is 0 Å². The number of hydrogen-bond donors (Lipinski definition) is 1. The summed E-state index contributed by atoms with van der Waals surface area (Å²) in [5.74, 6) is 1.30. The van der Waals surface area contributed by atoms with Gasteiger partial charge in [-0.05, 0) is 45.8 Å². The second-order valence-electron chi connectivity index (χ2n) is 7.94. The van der Waals surface area contributed by atoms with E-state index in [-0.39, 0.29) is 0 Å². The van der Waals surface area contributed by atoms with Gasteiger partial charge in [0.15, 0.2) is 11.5 Å². The highest BCUT2D eigenvalue weighted by atomic mass is 31.1. The van der Waals surface area contributed by atoms with Gasteiger partial charge in [0, 0.05) is 16.8 Å². The predicted molar refractivity (Wildman–Crippen MR) is 140 cm³/mol. The second-order valence-corrected chi connectivity index (χ2v) is 9.04. The molecule has 0 saturated heterocycles. The topological polar surface area (TPSA) is 56.8 Å². The Hall–Kier alpha value is -4.08. The van der Waals surface area contributed by atoms with Gasteiger partial charge in [0.05, 0.1) is 19.9 Å². The summed E-state index contributed by atoms with van der Waals surface area (Å²) in [6.07, 6.45) is 0. The Morgan fingerprint density at radius 3 is 1.74 bits per heavy atom. The molecule has 168 valence electrons. The molecule has 0 aliphatic rings. The number of anilines is 1. The van der Waals surface area contributed by atoms with E-state index in [0.717, 1.165) is 49.2 Å². The van der Waals surface area contributed by atoms with Gasteiger partial charge in [0.2, 0.25) is 0 Å². The lowest BCUT2D eigenvalue weighted by molar-refractivity contribution is 0.355. The highest BCUT2D eigenvalue weighted by molar-refractivity contribution is 7.39. The molecule has 0 atom stereocenters. The lowest BCUT2D eigenvalue weighted by Gasteiger charge is -2.09. The number of ether oxygens (including phenoxy) is 2. The first-order valence-electron chi connectivity index (χ1n) is 10.9. The minimum atomic E-state index is -1.54. The predicted octanol–water partition coefficient (Wildman–Crippen LogP) is 8.49. The van der Waals surface area contributed by atoms with Gasteiger partial charge in [-0.1, -0.05) is 60.7 Å². The van der Waals surface area contributed by atoms with Crippen molar-refractivity contribution in [3.8, 4) is 11.5 Å². The molecule has 0 bridgehead atoms. The van der Waals surface area contributed by atoms with Crippen LogP contribution in [-0.4, -0.2) is 14.2 Å². The zero-order valence-corrected chi connectivity index (χ0v) is 19.6. The van der Waals surface area contributed by atoms with E-state index in [9.17, 15) is 0 Å². The van der Waals surface area contributed by atoms with Crippen LogP contribution in [0.15, 0.2) is 99.4 Å². The fraction of sp³-hybridized carbons (Fsp3) is 0.0714. The van der Waals surface area contributed by atoms with Crippen molar-refractivity contribution < 1.29 is 17.9 Å². The fourth-order valence-corrected chi connectivity index (χ4v) is 5.57. The van der Waals surface area contributed by atoms with E-state index in [4.69, 9.17) is 17.9 Å². The van der Waals surface area contributed by atoms with E-state index in [1.165, 1.54) is 0 Å². The van der Waals surface area contributed by atoms with Crippen molar-refractivity contribution in [3.05, 3.63) is 91.0 Å². The molecule has 6 heteroatoms. The van der Waals surface area contributed by atoms with Crippen LogP contribution in [-0.2, 0) is 0 Å². The second kappa shape index (κ2) is 8.36. The Balaban J connectivity index is 1.68. The monoisotopic (exact) mass is 467 g/mol. The lowest BCUT2D eigenvalue weighted by atomic mass is 9.99. The molecule has 0 aliphatic carbocycles. The number of fused-ring (bicyclic) bond motifs is 7. The molecule has 34 heavy (non-hydrogen) atoms. The SMILES string of the molecule is COc1ccc(Np2oc3ccc4ccccc4c3c3c(ccc4ccccc43)o2)cc1OC. The molecule has 1 aromatic heterocycles. The molecule has 0 amide bonds. The first kappa shape index (κ1) is 20.5. The highest BCUT2D eigenvalue weighted by Gasteiger charge is 2.13. The van der Waals surface area contributed by atoms with Gasteiger partial charge in [-0.2, -0.15) is 0 Å². The van der Waals surface area contributed by atoms with Crippen molar-refractivity contribution in [1.29, 1.82) is 0 Å². The molecule has 1 heterocycles. The molecular weight excluding hydrogens is 445 g/mol. The summed E-state index contributed by atoms with van der Waals surface area (Å²) < 4.78 is 23.8. The molecule has 5 aromatic carbocycles.